The summed E-state index contributed by atoms with van der Waals surface area (Å²) in [6.45, 7) is 2.20. The SMILES string of the molecule is Cc1cc(C(=O)NCC2(O)CCCCCC2)ccc1Cl. The van der Waals surface area contributed by atoms with E-state index in [1.54, 1.807) is 18.2 Å². The Hall–Kier alpha value is -1.06. The Labute approximate surface area is 125 Å². The Morgan fingerprint density at radius 3 is 2.55 bits per heavy atom. The van der Waals surface area contributed by atoms with Crippen molar-refractivity contribution < 1.29 is 9.90 Å². The van der Waals surface area contributed by atoms with Crippen LogP contribution in [-0.4, -0.2) is 23.2 Å². The number of carbonyl (C=O) groups is 1. The zero-order valence-corrected chi connectivity index (χ0v) is 12.7. The highest BCUT2D eigenvalue weighted by Gasteiger charge is 2.28. The van der Waals surface area contributed by atoms with Gasteiger partial charge in [0.1, 0.15) is 0 Å². The predicted molar refractivity (Wildman–Crippen MR) is 81.2 cm³/mol. The van der Waals surface area contributed by atoms with E-state index < -0.39 is 5.60 Å². The molecule has 1 amide bonds. The summed E-state index contributed by atoms with van der Waals surface area (Å²) in [6.07, 6.45) is 5.96. The third-order valence-corrected chi connectivity index (χ3v) is 4.46. The third kappa shape index (κ3) is 3.97. The van der Waals surface area contributed by atoms with Crippen molar-refractivity contribution in [1.29, 1.82) is 0 Å². The van der Waals surface area contributed by atoms with Gasteiger partial charge in [0.2, 0.25) is 0 Å². The van der Waals surface area contributed by atoms with Gasteiger partial charge in [-0.15, -0.1) is 0 Å². The summed E-state index contributed by atoms with van der Waals surface area (Å²) in [4.78, 5) is 12.1. The summed E-state index contributed by atoms with van der Waals surface area (Å²) < 4.78 is 0. The molecule has 110 valence electrons. The van der Waals surface area contributed by atoms with Crippen molar-refractivity contribution in [3.05, 3.63) is 34.3 Å². The molecule has 0 spiro atoms. The van der Waals surface area contributed by atoms with Gasteiger partial charge in [-0.25, -0.2) is 0 Å². The fourth-order valence-corrected chi connectivity index (χ4v) is 2.81. The van der Waals surface area contributed by atoms with E-state index in [-0.39, 0.29) is 5.91 Å². The molecule has 0 aliphatic heterocycles. The van der Waals surface area contributed by atoms with Gasteiger partial charge in [0, 0.05) is 17.1 Å². The van der Waals surface area contributed by atoms with Crippen LogP contribution in [0.2, 0.25) is 5.02 Å². The molecule has 0 atom stereocenters. The van der Waals surface area contributed by atoms with Crippen molar-refractivity contribution in [3.63, 3.8) is 0 Å². The molecule has 1 saturated carbocycles. The van der Waals surface area contributed by atoms with Crippen molar-refractivity contribution in [3.8, 4) is 0 Å². The number of rotatable bonds is 3. The van der Waals surface area contributed by atoms with Crippen molar-refractivity contribution in [2.75, 3.05) is 6.54 Å². The first-order valence-corrected chi connectivity index (χ1v) is 7.65. The highest BCUT2D eigenvalue weighted by molar-refractivity contribution is 6.31. The van der Waals surface area contributed by atoms with Crippen LogP contribution in [0, 0.1) is 6.92 Å². The molecule has 0 aromatic heterocycles. The normalized spacial score (nSPS) is 18.4. The van der Waals surface area contributed by atoms with Crippen molar-refractivity contribution in [1.82, 2.24) is 5.32 Å². The monoisotopic (exact) mass is 295 g/mol. The maximum Gasteiger partial charge on any atom is 0.251 e. The molecule has 2 rings (SSSR count). The van der Waals surface area contributed by atoms with Crippen LogP contribution in [-0.2, 0) is 0 Å². The van der Waals surface area contributed by atoms with Crippen LogP contribution in [0.5, 0.6) is 0 Å². The van der Waals surface area contributed by atoms with Crippen molar-refractivity contribution >= 4 is 17.5 Å². The molecule has 20 heavy (non-hydrogen) atoms. The van der Waals surface area contributed by atoms with Crippen LogP contribution in [0.15, 0.2) is 18.2 Å². The summed E-state index contributed by atoms with van der Waals surface area (Å²) in [5.74, 6) is -0.151. The van der Waals surface area contributed by atoms with Gasteiger partial charge in [-0.2, -0.15) is 0 Å². The van der Waals surface area contributed by atoms with E-state index in [1.807, 2.05) is 6.92 Å². The molecule has 0 bridgehead atoms. The van der Waals surface area contributed by atoms with E-state index in [0.29, 0.717) is 17.1 Å². The van der Waals surface area contributed by atoms with Gasteiger partial charge in [-0.1, -0.05) is 37.3 Å². The lowest BCUT2D eigenvalue weighted by Crippen LogP contribution is -2.42. The molecular formula is C16H22ClNO2. The number of aliphatic hydroxyl groups is 1. The Balaban J connectivity index is 1.95. The summed E-state index contributed by atoms with van der Waals surface area (Å²) in [5, 5.41) is 14.0. The zero-order valence-electron chi connectivity index (χ0n) is 11.9. The van der Waals surface area contributed by atoms with Crippen molar-refractivity contribution in [2.45, 2.75) is 51.0 Å². The van der Waals surface area contributed by atoms with Gasteiger partial charge in [0.25, 0.3) is 5.91 Å². The number of hydrogen-bond donors (Lipinski definition) is 2. The second-order valence-corrected chi connectivity index (χ2v) is 6.19. The summed E-state index contributed by atoms with van der Waals surface area (Å²) in [5.41, 5.74) is 0.727. The number of hydrogen-bond acceptors (Lipinski definition) is 2. The summed E-state index contributed by atoms with van der Waals surface area (Å²) in [6, 6.07) is 5.21. The Bertz CT molecular complexity index is 479. The first kappa shape index (κ1) is 15.3. The number of benzene rings is 1. The molecule has 3 nitrogen and oxygen atoms in total. The lowest BCUT2D eigenvalue weighted by atomic mass is 9.94. The molecule has 1 fully saturated rings. The molecule has 2 N–H and O–H groups in total. The highest BCUT2D eigenvalue weighted by Crippen LogP contribution is 2.26. The summed E-state index contributed by atoms with van der Waals surface area (Å²) >= 11 is 5.95. The molecule has 4 heteroatoms. The van der Waals surface area contributed by atoms with Crippen LogP contribution >= 0.6 is 11.6 Å². The van der Waals surface area contributed by atoms with E-state index in [9.17, 15) is 9.90 Å². The quantitative estimate of drug-likeness (QED) is 0.839. The van der Waals surface area contributed by atoms with Gasteiger partial charge in [-0.05, 0) is 43.5 Å². The number of aryl methyl sites for hydroxylation is 1. The van der Waals surface area contributed by atoms with Gasteiger partial charge in [0.15, 0.2) is 0 Å². The molecule has 0 unspecified atom stereocenters. The molecule has 0 saturated heterocycles. The molecule has 0 heterocycles. The molecule has 1 aromatic rings. The fraction of sp³-hybridized carbons (Fsp3) is 0.562. The van der Waals surface area contributed by atoms with Crippen LogP contribution in [0.25, 0.3) is 0 Å². The molecule has 1 aliphatic rings. The second-order valence-electron chi connectivity index (χ2n) is 5.79. The number of nitrogens with one attached hydrogen (secondary N) is 1. The van der Waals surface area contributed by atoms with Crippen LogP contribution in [0.1, 0.15) is 54.4 Å². The van der Waals surface area contributed by atoms with Crippen LogP contribution in [0.3, 0.4) is 0 Å². The number of halogens is 1. The van der Waals surface area contributed by atoms with Crippen molar-refractivity contribution in [2.24, 2.45) is 0 Å². The number of amides is 1. The first-order chi connectivity index (χ1) is 9.50. The zero-order chi connectivity index (χ0) is 14.6. The standard InChI is InChI=1S/C16H22ClNO2/c1-12-10-13(6-7-14(12)17)15(19)18-11-16(20)8-4-2-3-5-9-16/h6-7,10,20H,2-5,8-9,11H2,1H3,(H,18,19). The van der Waals surface area contributed by atoms with E-state index >= 15 is 0 Å². The lowest BCUT2D eigenvalue weighted by Gasteiger charge is -2.26. The third-order valence-electron chi connectivity index (χ3n) is 4.03. The van der Waals surface area contributed by atoms with E-state index in [1.165, 1.54) is 12.8 Å². The molecule has 1 aromatic carbocycles. The van der Waals surface area contributed by atoms with Gasteiger partial charge in [0.05, 0.1) is 5.60 Å². The Morgan fingerprint density at radius 2 is 1.95 bits per heavy atom. The van der Waals surface area contributed by atoms with Crippen LogP contribution in [0.4, 0.5) is 0 Å². The van der Waals surface area contributed by atoms with Gasteiger partial charge in [-0.3, -0.25) is 4.79 Å². The minimum atomic E-state index is -0.742. The fourth-order valence-electron chi connectivity index (χ4n) is 2.70. The van der Waals surface area contributed by atoms with Gasteiger partial charge < -0.3 is 10.4 Å². The lowest BCUT2D eigenvalue weighted by molar-refractivity contribution is 0.0246. The minimum absolute atomic E-state index is 0.151. The topological polar surface area (TPSA) is 49.3 Å². The Kier molecular flexibility index (Phi) is 5.06. The first-order valence-electron chi connectivity index (χ1n) is 7.27. The largest absolute Gasteiger partial charge is 0.388 e. The van der Waals surface area contributed by atoms with Crippen LogP contribution < -0.4 is 5.32 Å². The molecule has 1 aliphatic carbocycles. The average molecular weight is 296 g/mol. The molecule has 0 radical (unpaired) electrons. The second kappa shape index (κ2) is 6.59. The van der Waals surface area contributed by atoms with E-state index in [2.05, 4.69) is 5.32 Å². The smallest absolute Gasteiger partial charge is 0.251 e. The summed E-state index contributed by atoms with van der Waals surface area (Å²) in [7, 11) is 0. The maximum absolute atomic E-state index is 12.1. The maximum atomic E-state index is 12.1. The predicted octanol–water partition coefficient (Wildman–Crippen LogP) is 3.46. The number of carbonyl (C=O) groups excluding carboxylic acids is 1. The minimum Gasteiger partial charge on any atom is -0.388 e. The highest BCUT2D eigenvalue weighted by atomic mass is 35.5. The molecular weight excluding hydrogens is 274 g/mol. The van der Waals surface area contributed by atoms with E-state index in [4.69, 9.17) is 11.6 Å². The average Bonchev–Trinajstić information content (AvgIpc) is 2.65. The van der Waals surface area contributed by atoms with Gasteiger partial charge >= 0.3 is 0 Å². The Morgan fingerprint density at radius 1 is 1.30 bits per heavy atom. The van der Waals surface area contributed by atoms with E-state index in [0.717, 1.165) is 31.2 Å².